The first-order valence-corrected chi connectivity index (χ1v) is 14.0. The molecule has 1 aromatic carbocycles. The van der Waals surface area contributed by atoms with Gasteiger partial charge in [-0.2, -0.15) is 0 Å². The molecule has 1 aliphatic rings. The molecule has 2 aromatic heterocycles. The maximum absolute atomic E-state index is 13.0. The number of nitrogens with zero attached hydrogens (tertiary/aromatic N) is 2. The van der Waals surface area contributed by atoms with Gasteiger partial charge in [-0.15, -0.1) is 0 Å². The first-order chi connectivity index (χ1) is 14.9. The van der Waals surface area contributed by atoms with Gasteiger partial charge in [0.25, 0.3) is 0 Å². The topological polar surface area (TPSA) is 46.9 Å². The van der Waals surface area contributed by atoms with E-state index in [0.29, 0.717) is 32.4 Å². The molecule has 162 valence electrons. The molecule has 0 saturated carbocycles. The fourth-order valence-electron chi connectivity index (χ4n) is 3.58. The van der Waals surface area contributed by atoms with Crippen molar-refractivity contribution in [1.82, 2.24) is 15.1 Å². The van der Waals surface area contributed by atoms with E-state index >= 15 is 0 Å². The number of hydrogen-bond acceptors (Lipinski definition) is 2. The van der Waals surface area contributed by atoms with Gasteiger partial charge in [0.2, 0.25) is 0 Å². The Bertz CT molecular complexity index is 1160. The molecule has 0 saturated heterocycles. The Balaban J connectivity index is 1.66. The van der Waals surface area contributed by atoms with Crippen LogP contribution < -0.4 is 5.32 Å². The summed E-state index contributed by atoms with van der Waals surface area (Å²) >= 11 is 19.9. The Morgan fingerprint density at radius 3 is 2.71 bits per heavy atom. The van der Waals surface area contributed by atoms with Crippen molar-refractivity contribution in [3.8, 4) is 15.8 Å². The van der Waals surface area contributed by atoms with Gasteiger partial charge < -0.3 is 0 Å². The van der Waals surface area contributed by atoms with Gasteiger partial charge in [-0.3, -0.25) is 0 Å². The summed E-state index contributed by atoms with van der Waals surface area (Å²) in [6.07, 6.45) is 7.96. The van der Waals surface area contributed by atoms with Crippen LogP contribution in [-0.2, 0) is 0 Å². The fourth-order valence-corrected chi connectivity index (χ4v) is 7.65. The van der Waals surface area contributed by atoms with Crippen molar-refractivity contribution in [1.29, 1.82) is 0 Å². The first kappa shape index (κ1) is 23.3. The summed E-state index contributed by atoms with van der Waals surface area (Å²) in [4.78, 5) is 13.0. The normalized spacial score (nSPS) is 13.9. The number of allylic oxidation sites excluding steroid dienone is 1. The first-order valence-electron chi connectivity index (χ1n) is 9.90. The van der Waals surface area contributed by atoms with Crippen molar-refractivity contribution in [2.75, 3.05) is 6.54 Å². The third-order valence-electron chi connectivity index (χ3n) is 5.10. The van der Waals surface area contributed by atoms with Crippen molar-refractivity contribution in [2.24, 2.45) is 0 Å². The third-order valence-corrected chi connectivity index (χ3v) is 9.35. The van der Waals surface area contributed by atoms with E-state index in [0.717, 1.165) is 32.7 Å². The number of benzene rings is 1. The second-order valence-corrected chi connectivity index (χ2v) is 13.2. The summed E-state index contributed by atoms with van der Waals surface area (Å²) in [6, 6.07) is 9.33. The Hall–Kier alpha value is -0.821. The number of rotatable bonds is 6. The molecule has 4 rings (SSSR count). The molecule has 3 aromatic rings. The number of carbonyl (C=O) groups is 1. The molecule has 0 unspecified atom stereocenters. The summed E-state index contributed by atoms with van der Waals surface area (Å²) in [6.45, 7) is 0.598. The Morgan fingerprint density at radius 1 is 1.19 bits per heavy atom. The zero-order chi connectivity index (χ0) is 22.0. The predicted octanol–water partition coefficient (Wildman–Crippen LogP) is 7.05. The van der Waals surface area contributed by atoms with Gasteiger partial charge in [-0.1, -0.05) is 0 Å². The van der Waals surface area contributed by atoms with Crippen LogP contribution in [0.3, 0.4) is 0 Å². The van der Waals surface area contributed by atoms with Crippen molar-refractivity contribution in [3.63, 3.8) is 0 Å². The monoisotopic (exact) mass is 649 g/mol. The van der Waals surface area contributed by atoms with E-state index in [4.69, 9.17) is 23.2 Å². The van der Waals surface area contributed by atoms with Gasteiger partial charge in [0.15, 0.2) is 0 Å². The van der Waals surface area contributed by atoms with E-state index < -0.39 is 0 Å². The van der Waals surface area contributed by atoms with Crippen LogP contribution in [0.2, 0.25) is 10.0 Å². The van der Waals surface area contributed by atoms with Crippen LogP contribution in [0.15, 0.2) is 49.8 Å². The number of nitrogens with one attached hydrogen (secondary N) is 1. The molecular weight excluding hydrogens is 632 g/mol. The summed E-state index contributed by atoms with van der Waals surface area (Å²) in [7, 11) is 0. The summed E-state index contributed by atoms with van der Waals surface area (Å²) in [5.41, 5.74) is 3.28. The van der Waals surface area contributed by atoms with Crippen LogP contribution in [0.4, 0.5) is 0 Å². The van der Waals surface area contributed by atoms with Gasteiger partial charge in [0, 0.05) is 0 Å². The van der Waals surface area contributed by atoms with Crippen molar-refractivity contribution in [2.45, 2.75) is 32.1 Å². The van der Waals surface area contributed by atoms with Crippen molar-refractivity contribution >= 4 is 75.5 Å². The molecule has 1 aliphatic carbocycles. The molecule has 31 heavy (non-hydrogen) atoms. The van der Waals surface area contributed by atoms with Crippen LogP contribution in [-0.4, -0.2) is 36.7 Å². The van der Waals surface area contributed by atoms with E-state index in [1.54, 1.807) is 16.8 Å². The van der Waals surface area contributed by atoms with Crippen LogP contribution in [0, 0.1) is 0 Å². The standard InChI is InChI=1S/C22H19Br2Cl2N3OSe/c23-18-9-8-17(31-18)21-19(24)20(22(30)27-11-10-13-4-2-1-3-5-13)28-29(21)16-7-6-14(25)12-15(16)26/h4,6-9,12H,1-3,5,10-11H2,(H,27,30). The van der Waals surface area contributed by atoms with E-state index in [1.165, 1.54) is 18.4 Å². The summed E-state index contributed by atoms with van der Waals surface area (Å²) in [5, 5.41) is 8.69. The van der Waals surface area contributed by atoms with Gasteiger partial charge in [0.05, 0.1) is 0 Å². The van der Waals surface area contributed by atoms with E-state index in [9.17, 15) is 4.79 Å². The third kappa shape index (κ3) is 5.40. The minimum atomic E-state index is -0.202. The molecule has 9 heteroatoms. The van der Waals surface area contributed by atoms with Crippen LogP contribution >= 0.6 is 55.1 Å². The number of amides is 1. The molecule has 1 N–H and O–H groups in total. The van der Waals surface area contributed by atoms with Gasteiger partial charge >= 0.3 is 215 Å². The summed E-state index contributed by atoms with van der Waals surface area (Å²) in [5.74, 6) is -0.202. The number of hydrogen-bond donors (Lipinski definition) is 1. The molecule has 1 amide bonds. The van der Waals surface area contributed by atoms with Crippen molar-refractivity contribution < 1.29 is 4.79 Å². The molecular formula is C22H19Br2Cl2N3OSe. The SMILES string of the molecule is O=C(NCCC1=CCCCC1)c1nn(-c2ccc(Cl)cc2Cl)c(-c2ccc(Br)[se]2)c1Br. The number of halogens is 4. The average Bonchev–Trinajstić information content (AvgIpc) is 3.31. The quantitative estimate of drug-likeness (QED) is 0.230. The van der Waals surface area contributed by atoms with Crippen LogP contribution in [0.1, 0.15) is 42.6 Å². The van der Waals surface area contributed by atoms with Crippen molar-refractivity contribution in [3.05, 3.63) is 65.5 Å². The second kappa shape index (κ2) is 10.4. The molecule has 0 aliphatic heterocycles. The average molecular weight is 651 g/mol. The molecule has 0 spiro atoms. The predicted molar refractivity (Wildman–Crippen MR) is 135 cm³/mol. The Kier molecular flexibility index (Phi) is 7.84. The van der Waals surface area contributed by atoms with E-state index in [-0.39, 0.29) is 20.4 Å². The van der Waals surface area contributed by atoms with Crippen LogP contribution in [0.25, 0.3) is 15.8 Å². The maximum atomic E-state index is 13.0. The molecule has 0 atom stereocenters. The van der Waals surface area contributed by atoms with Crippen LogP contribution in [0.5, 0.6) is 0 Å². The molecule has 0 radical (unpaired) electrons. The molecule has 0 fully saturated rings. The fraction of sp³-hybridized carbons (Fsp3) is 0.273. The van der Waals surface area contributed by atoms with Gasteiger partial charge in [0.1, 0.15) is 0 Å². The summed E-state index contributed by atoms with van der Waals surface area (Å²) < 4.78 is 4.62. The zero-order valence-corrected chi connectivity index (χ0v) is 22.8. The van der Waals surface area contributed by atoms with Gasteiger partial charge in [-0.25, -0.2) is 0 Å². The second-order valence-electron chi connectivity index (χ2n) is 7.24. The Labute approximate surface area is 214 Å². The Morgan fingerprint density at radius 2 is 2.03 bits per heavy atom. The zero-order valence-electron chi connectivity index (χ0n) is 16.4. The molecule has 2 heterocycles. The number of carbonyl (C=O) groups excluding carboxylic acids is 1. The molecule has 4 nitrogen and oxygen atoms in total. The minimum absolute atomic E-state index is 0.0837. The number of aromatic nitrogens is 2. The molecule has 0 bridgehead atoms. The van der Waals surface area contributed by atoms with E-state index in [1.807, 2.05) is 18.2 Å². The van der Waals surface area contributed by atoms with E-state index in [2.05, 4.69) is 48.4 Å². The van der Waals surface area contributed by atoms with Gasteiger partial charge in [-0.05, 0) is 0 Å².